The number of hydrazone groups is 1. The van der Waals surface area contributed by atoms with Crippen LogP contribution in [0.1, 0.15) is 12.5 Å². The van der Waals surface area contributed by atoms with Crippen molar-refractivity contribution in [2.24, 2.45) is 16.8 Å². The zero-order valence-electron chi connectivity index (χ0n) is 15.7. The van der Waals surface area contributed by atoms with E-state index in [1.165, 1.54) is 6.92 Å². The zero-order chi connectivity index (χ0) is 21.4. The molecule has 2 rings (SSSR count). The van der Waals surface area contributed by atoms with E-state index >= 15 is 0 Å². The van der Waals surface area contributed by atoms with Crippen molar-refractivity contribution < 1.29 is 14.7 Å². The monoisotopic (exact) mass is 418 g/mol. The van der Waals surface area contributed by atoms with Gasteiger partial charge in [0.1, 0.15) is 6.04 Å². The number of carboxylic acid groups (broad SMARTS) is 1. The molecule has 0 saturated carbocycles. The molecule has 2 aromatic rings. The number of nitrogens with zero attached hydrogens (tertiary/aromatic N) is 1. The van der Waals surface area contributed by atoms with Crippen molar-refractivity contribution in [1.29, 1.82) is 0 Å². The standard InChI is InChI=1S/C19H23ClN6O3/c1-11(18(28)29)23-16(17(27)24-19(25-21)26-22)9-12-5-7-13(8-6-12)14-3-2-4-15(20)10-14/h2-8,10-11,16,23H,9,21-22H2,1H3,(H,28,29)(H2,24,25,26,27)/t11-,16-/m0/s1. The number of benzene rings is 2. The third-order valence-electron chi connectivity index (χ3n) is 4.20. The molecule has 154 valence electrons. The maximum atomic E-state index is 12.5. The van der Waals surface area contributed by atoms with E-state index in [0.29, 0.717) is 5.02 Å². The number of hydrogen-bond donors (Lipinski definition) is 6. The Bertz CT molecular complexity index is 888. The molecule has 10 heteroatoms. The summed E-state index contributed by atoms with van der Waals surface area (Å²) in [5, 5.41) is 18.3. The lowest BCUT2D eigenvalue weighted by molar-refractivity contribution is -0.139. The third-order valence-corrected chi connectivity index (χ3v) is 4.43. The number of amides is 1. The Morgan fingerprint density at radius 3 is 2.41 bits per heavy atom. The van der Waals surface area contributed by atoms with Crippen molar-refractivity contribution in [3.05, 3.63) is 59.1 Å². The van der Waals surface area contributed by atoms with Crippen LogP contribution in [0.5, 0.6) is 0 Å². The second kappa shape index (κ2) is 10.4. The van der Waals surface area contributed by atoms with Gasteiger partial charge in [0.15, 0.2) is 0 Å². The van der Waals surface area contributed by atoms with Crippen molar-refractivity contribution in [3.63, 3.8) is 0 Å². The highest BCUT2D eigenvalue weighted by molar-refractivity contribution is 6.30. The number of guanidine groups is 1. The number of carbonyl (C=O) groups excluding carboxylic acids is 1. The normalized spacial score (nSPS) is 13.4. The Balaban J connectivity index is 2.18. The first-order chi connectivity index (χ1) is 13.8. The number of nitrogens with one attached hydrogen (secondary N) is 3. The van der Waals surface area contributed by atoms with Gasteiger partial charge in [0.2, 0.25) is 11.9 Å². The minimum Gasteiger partial charge on any atom is -0.480 e. The molecule has 0 bridgehead atoms. The van der Waals surface area contributed by atoms with Crippen LogP contribution in [0, 0.1) is 0 Å². The van der Waals surface area contributed by atoms with E-state index < -0.39 is 24.0 Å². The van der Waals surface area contributed by atoms with Crippen molar-refractivity contribution >= 4 is 29.4 Å². The van der Waals surface area contributed by atoms with Gasteiger partial charge in [-0.15, -0.1) is 5.10 Å². The first-order valence-corrected chi connectivity index (χ1v) is 9.11. The summed E-state index contributed by atoms with van der Waals surface area (Å²) in [4.78, 5) is 23.7. The van der Waals surface area contributed by atoms with E-state index in [0.717, 1.165) is 16.7 Å². The van der Waals surface area contributed by atoms with Crippen LogP contribution in [0.3, 0.4) is 0 Å². The van der Waals surface area contributed by atoms with Gasteiger partial charge in [-0.05, 0) is 42.2 Å². The van der Waals surface area contributed by atoms with E-state index in [2.05, 4.69) is 21.2 Å². The van der Waals surface area contributed by atoms with Gasteiger partial charge in [-0.2, -0.15) is 0 Å². The summed E-state index contributed by atoms with van der Waals surface area (Å²) in [6.45, 7) is 1.45. The number of rotatable bonds is 7. The molecule has 1 amide bonds. The number of aliphatic carboxylic acids is 1. The largest absolute Gasteiger partial charge is 0.480 e. The molecule has 0 saturated heterocycles. The van der Waals surface area contributed by atoms with Crippen LogP contribution in [-0.2, 0) is 16.0 Å². The average molecular weight is 419 g/mol. The van der Waals surface area contributed by atoms with Crippen LogP contribution >= 0.6 is 11.6 Å². The molecule has 0 spiro atoms. The van der Waals surface area contributed by atoms with Crippen molar-refractivity contribution in [2.75, 3.05) is 0 Å². The van der Waals surface area contributed by atoms with Gasteiger partial charge in [-0.3, -0.25) is 25.6 Å². The van der Waals surface area contributed by atoms with Crippen molar-refractivity contribution in [1.82, 2.24) is 16.1 Å². The van der Waals surface area contributed by atoms with E-state index in [4.69, 9.17) is 28.4 Å². The van der Waals surface area contributed by atoms with E-state index in [1.54, 1.807) is 6.07 Å². The zero-order valence-corrected chi connectivity index (χ0v) is 16.5. The molecule has 0 radical (unpaired) electrons. The Morgan fingerprint density at radius 1 is 1.17 bits per heavy atom. The summed E-state index contributed by atoms with van der Waals surface area (Å²) in [7, 11) is 0. The topological polar surface area (TPSA) is 155 Å². The predicted octanol–water partition coefficient (Wildman–Crippen LogP) is 0.790. The molecule has 0 aliphatic carbocycles. The van der Waals surface area contributed by atoms with Gasteiger partial charge in [-0.1, -0.05) is 48.0 Å². The Kier molecular flexibility index (Phi) is 7.96. The van der Waals surface area contributed by atoms with Gasteiger partial charge in [-0.25, -0.2) is 5.84 Å². The van der Waals surface area contributed by atoms with Gasteiger partial charge in [0.05, 0.1) is 6.04 Å². The van der Waals surface area contributed by atoms with E-state index in [9.17, 15) is 9.59 Å². The van der Waals surface area contributed by atoms with E-state index in [-0.39, 0.29) is 12.4 Å². The van der Waals surface area contributed by atoms with Gasteiger partial charge in [0.25, 0.3) is 0 Å². The SMILES string of the molecule is C[C@H](N[C@@H](Cc1ccc(-c2cccc(Cl)c2)cc1)C(=O)N/C(=N/N)NN)C(=O)O. The van der Waals surface area contributed by atoms with E-state index in [1.807, 2.05) is 42.5 Å². The van der Waals surface area contributed by atoms with Crippen LogP contribution in [-0.4, -0.2) is 35.0 Å². The summed E-state index contributed by atoms with van der Waals surface area (Å²) in [6.07, 6.45) is 0.238. The molecule has 9 nitrogen and oxygen atoms in total. The first-order valence-electron chi connectivity index (χ1n) is 8.73. The Hall–Kier alpha value is -3.14. The lowest BCUT2D eigenvalue weighted by atomic mass is 10.00. The predicted molar refractivity (Wildman–Crippen MR) is 112 cm³/mol. The number of hydrogen-bond acceptors (Lipinski definition) is 6. The molecule has 2 atom stereocenters. The highest BCUT2D eigenvalue weighted by Gasteiger charge is 2.24. The Labute approximate surface area is 173 Å². The fraction of sp³-hybridized carbons (Fsp3) is 0.211. The molecule has 0 heterocycles. The maximum Gasteiger partial charge on any atom is 0.320 e. The molecule has 0 aromatic heterocycles. The lowest BCUT2D eigenvalue weighted by Gasteiger charge is -2.21. The Morgan fingerprint density at radius 2 is 1.86 bits per heavy atom. The van der Waals surface area contributed by atoms with Crippen LogP contribution in [0.2, 0.25) is 5.02 Å². The van der Waals surface area contributed by atoms with Gasteiger partial charge < -0.3 is 10.9 Å². The fourth-order valence-electron chi connectivity index (χ4n) is 2.65. The highest BCUT2D eigenvalue weighted by Crippen LogP contribution is 2.23. The molecular weight excluding hydrogens is 396 g/mol. The minimum absolute atomic E-state index is 0.138. The number of carboxylic acids is 1. The highest BCUT2D eigenvalue weighted by atomic mass is 35.5. The second-order valence-corrected chi connectivity index (χ2v) is 6.74. The number of halogens is 1. The molecule has 0 unspecified atom stereocenters. The molecule has 0 aliphatic heterocycles. The molecular formula is C19H23ClN6O3. The smallest absolute Gasteiger partial charge is 0.320 e. The number of hydrazine groups is 1. The molecule has 0 aliphatic rings. The number of carbonyl (C=O) groups is 2. The summed E-state index contributed by atoms with van der Waals surface area (Å²) >= 11 is 6.04. The van der Waals surface area contributed by atoms with Gasteiger partial charge >= 0.3 is 5.97 Å². The maximum absolute atomic E-state index is 12.5. The third kappa shape index (κ3) is 6.46. The second-order valence-electron chi connectivity index (χ2n) is 6.30. The molecule has 8 N–H and O–H groups in total. The van der Waals surface area contributed by atoms with Crippen LogP contribution in [0.4, 0.5) is 0 Å². The molecule has 2 aromatic carbocycles. The minimum atomic E-state index is -1.08. The average Bonchev–Trinajstić information content (AvgIpc) is 2.71. The van der Waals surface area contributed by atoms with Crippen LogP contribution in [0.25, 0.3) is 11.1 Å². The quantitative estimate of drug-likeness (QED) is 0.168. The van der Waals surface area contributed by atoms with Crippen LogP contribution in [0.15, 0.2) is 53.6 Å². The van der Waals surface area contributed by atoms with Crippen molar-refractivity contribution in [2.45, 2.75) is 25.4 Å². The number of nitrogens with two attached hydrogens (primary N) is 2. The summed E-state index contributed by atoms with van der Waals surface area (Å²) < 4.78 is 0. The summed E-state index contributed by atoms with van der Waals surface area (Å²) in [6, 6.07) is 13.2. The fourth-order valence-corrected chi connectivity index (χ4v) is 2.84. The molecule has 0 fully saturated rings. The summed E-state index contributed by atoms with van der Waals surface area (Å²) in [5.74, 6) is 8.59. The molecule has 29 heavy (non-hydrogen) atoms. The van der Waals surface area contributed by atoms with Crippen molar-refractivity contribution in [3.8, 4) is 11.1 Å². The lowest BCUT2D eigenvalue weighted by Crippen LogP contribution is -2.55. The summed E-state index contributed by atoms with van der Waals surface area (Å²) in [5.41, 5.74) is 4.91. The van der Waals surface area contributed by atoms with Crippen LogP contribution < -0.4 is 27.7 Å². The first kappa shape index (κ1) is 22.2. The van der Waals surface area contributed by atoms with Gasteiger partial charge in [0, 0.05) is 5.02 Å².